The minimum Gasteiger partial charge on any atom is -0.480 e. The molecule has 1 N–H and O–H groups in total. The lowest BCUT2D eigenvalue weighted by atomic mass is 10.2. The molecule has 0 fully saturated rings. The van der Waals surface area contributed by atoms with Gasteiger partial charge in [0.15, 0.2) is 0 Å². The van der Waals surface area contributed by atoms with E-state index < -0.39 is 22.5 Å². The average molecular weight is 263 g/mol. The van der Waals surface area contributed by atoms with Crippen molar-refractivity contribution in [3.05, 3.63) is 45.0 Å². The third-order valence-corrected chi connectivity index (χ3v) is 2.75. The van der Waals surface area contributed by atoms with Gasteiger partial charge in [-0.2, -0.15) is 0 Å². The zero-order chi connectivity index (χ0) is 14.2. The molecule has 1 unspecified atom stereocenters. The summed E-state index contributed by atoms with van der Waals surface area (Å²) < 4.78 is 0.969. The van der Waals surface area contributed by atoms with E-state index >= 15 is 0 Å². The van der Waals surface area contributed by atoms with Crippen molar-refractivity contribution in [2.75, 3.05) is 0 Å². The van der Waals surface area contributed by atoms with Crippen molar-refractivity contribution in [3.8, 4) is 0 Å². The summed E-state index contributed by atoms with van der Waals surface area (Å²) in [6, 6.07) is 2.57. The summed E-state index contributed by atoms with van der Waals surface area (Å²) in [5.41, 5.74) is -0.564. The number of carboxylic acids is 1. The molecule has 8 heteroatoms. The van der Waals surface area contributed by atoms with Crippen LogP contribution in [-0.4, -0.2) is 25.6 Å². The Morgan fingerprint density at radius 3 is 2.79 bits per heavy atom. The maximum absolute atomic E-state index is 12.0. The Bertz CT molecular complexity index is 737. The van der Waals surface area contributed by atoms with Gasteiger partial charge in [0.1, 0.15) is 6.04 Å². The van der Waals surface area contributed by atoms with Gasteiger partial charge < -0.3 is 5.11 Å². The SMILES string of the molecule is CC(C(=O)O)n1cnc2cc([N+](=O)[O-])ccc2c1=O. The summed E-state index contributed by atoms with van der Waals surface area (Å²) in [4.78, 5) is 36.8. The number of nitrogens with zero attached hydrogens (tertiary/aromatic N) is 3. The Morgan fingerprint density at radius 1 is 1.53 bits per heavy atom. The summed E-state index contributed by atoms with van der Waals surface area (Å²) in [5.74, 6) is -1.16. The van der Waals surface area contributed by atoms with Crippen molar-refractivity contribution in [1.82, 2.24) is 9.55 Å². The zero-order valence-corrected chi connectivity index (χ0v) is 9.81. The largest absolute Gasteiger partial charge is 0.480 e. The number of carboxylic acid groups (broad SMARTS) is 1. The van der Waals surface area contributed by atoms with Gasteiger partial charge in [0.2, 0.25) is 0 Å². The van der Waals surface area contributed by atoms with E-state index in [0.717, 1.165) is 10.9 Å². The number of hydrogen-bond donors (Lipinski definition) is 1. The second-order valence-corrected chi connectivity index (χ2v) is 3.93. The van der Waals surface area contributed by atoms with Crippen molar-refractivity contribution >= 4 is 22.6 Å². The molecule has 0 saturated carbocycles. The van der Waals surface area contributed by atoms with Gasteiger partial charge in [-0.3, -0.25) is 19.5 Å². The Morgan fingerprint density at radius 2 is 2.21 bits per heavy atom. The molecule has 19 heavy (non-hydrogen) atoms. The molecule has 1 aromatic heterocycles. The van der Waals surface area contributed by atoms with Crippen molar-refractivity contribution in [2.45, 2.75) is 13.0 Å². The summed E-state index contributed by atoms with van der Waals surface area (Å²) in [6.07, 6.45) is 1.08. The van der Waals surface area contributed by atoms with Crippen LogP contribution in [0.2, 0.25) is 0 Å². The molecule has 0 aliphatic heterocycles. The molecule has 0 aliphatic carbocycles. The molecule has 0 spiro atoms. The number of rotatable bonds is 3. The predicted octanol–water partition coefficient (Wildman–Crippen LogP) is 0.950. The van der Waals surface area contributed by atoms with Crippen LogP contribution in [0.5, 0.6) is 0 Å². The van der Waals surface area contributed by atoms with Crippen LogP contribution >= 0.6 is 0 Å². The van der Waals surface area contributed by atoms with Crippen LogP contribution in [0.25, 0.3) is 10.9 Å². The first-order valence-electron chi connectivity index (χ1n) is 5.30. The van der Waals surface area contributed by atoms with Crippen LogP contribution in [0.1, 0.15) is 13.0 Å². The van der Waals surface area contributed by atoms with Gasteiger partial charge in [0.25, 0.3) is 11.2 Å². The number of non-ortho nitro benzene ring substituents is 1. The first-order valence-corrected chi connectivity index (χ1v) is 5.30. The van der Waals surface area contributed by atoms with Crippen LogP contribution in [0.3, 0.4) is 0 Å². The number of hydrogen-bond acceptors (Lipinski definition) is 5. The molecule has 98 valence electrons. The van der Waals surface area contributed by atoms with Crippen molar-refractivity contribution in [1.29, 1.82) is 0 Å². The number of aromatic nitrogens is 2. The van der Waals surface area contributed by atoms with E-state index in [1.165, 1.54) is 25.1 Å². The smallest absolute Gasteiger partial charge is 0.326 e. The number of aliphatic carboxylic acids is 1. The molecule has 1 atom stereocenters. The Labute approximate surface area is 106 Å². The van der Waals surface area contributed by atoms with Gasteiger partial charge in [-0.15, -0.1) is 0 Å². The van der Waals surface area contributed by atoms with Crippen LogP contribution in [0, 0.1) is 10.1 Å². The number of nitro groups is 1. The molecule has 1 heterocycles. The highest BCUT2D eigenvalue weighted by atomic mass is 16.6. The molecule has 1 aromatic carbocycles. The number of nitro benzene ring substituents is 1. The van der Waals surface area contributed by atoms with Crippen molar-refractivity contribution < 1.29 is 14.8 Å². The topological polar surface area (TPSA) is 115 Å². The second-order valence-electron chi connectivity index (χ2n) is 3.93. The molecular weight excluding hydrogens is 254 g/mol. The lowest BCUT2D eigenvalue weighted by molar-refractivity contribution is -0.384. The molecular formula is C11H9N3O5. The highest BCUT2D eigenvalue weighted by Gasteiger charge is 2.17. The second kappa shape index (κ2) is 4.48. The molecule has 0 saturated heterocycles. The summed E-state index contributed by atoms with van der Waals surface area (Å²) >= 11 is 0. The van der Waals surface area contributed by atoms with E-state index in [2.05, 4.69) is 4.98 Å². The third kappa shape index (κ3) is 2.15. The standard InChI is InChI=1S/C11H9N3O5/c1-6(11(16)17)13-5-12-9-4-7(14(18)19)2-3-8(9)10(13)15/h2-6H,1H3,(H,16,17). The summed E-state index contributed by atoms with van der Waals surface area (Å²) in [5, 5.41) is 19.6. The quantitative estimate of drug-likeness (QED) is 0.651. The van der Waals surface area contributed by atoms with Gasteiger partial charge in [-0.1, -0.05) is 0 Å². The lowest BCUT2D eigenvalue weighted by Gasteiger charge is -2.10. The van der Waals surface area contributed by atoms with E-state index in [4.69, 9.17) is 5.11 Å². The number of carbonyl (C=O) groups is 1. The fourth-order valence-electron chi connectivity index (χ4n) is 1.63. The van der Waals surface area contributed by atoms with Crippen LogP contribution in [0.4, 0.5) is 5.69 Å². The van der Waals surface area contributed by atoms with Gasteiger partial charge in [0, 0.05) is 12.1 Å². The van der Waals surface area contributed by atoms with Crippen molar-refractivity contribution in [3.63, 3.8) is 0 Å². The first kappa shape index (κ1) is 12.7. The average Bonchev–Trinajstić information content (AvgIpc) is 2.37. The Hall–Kier alpha value is -2.77. The third-order valence-electron chi connectivity index (χ3n) is 2.75. The van der Waals surface area contributed by atoms with Gasteiger partial charge >= 0.3 is 5.97 Å². The fraction of sp³-hybridized carbons (Fsp3) is 0.182. The highest BCUT2D eigenvalue weighted by Crippen LogP contribution is 2.16. The van der Waals surface area contributed by atoms with Crippen LogP contribution in [0.15, 0.2) is 29.3 Å². The molecule has 2 aromatic rings. The minimum atomic E-state index is -1.16. The maximum Gasteiger partial charge on any atom is 0.326 e. The Kier molecular flexibility index (Phi) is 2.99. The first-order chi connectivity index (χ1) is 8.91. The van der Waals surface area contributed by atoms with Gasteiger partial charge in [0.05, 0.1) is 22.2 Å². The molecule has 8 nitrogen and oxygen atoms in total. The molecule has 0 radical (unpaired) electrons. The van der Waals surface area contributed by atoms with E-state index in [9.17, 15) is 19.7 Å². The minimum absolute atomic E-state index is 0.140. The zero-order valence-electron chi connectivity index (χ0n) is 9.81. The molecule has 2 rings (SSSR count). The van der Waals surface area contributed by atoms with Gasteiger partial charge in [-0.25, -0.2) is 9.78 Å². The summed E-state index contributed by atoms with van der Waals surface area (Å²) in [6.45, 7) is 1.35. The van der Waals surface area contributed by atoms with Crippen molar-refractivity contribution in [2.24, 2.45) is 0 Å². The van der Waals surface area contributed by atoms with Crippen LogP contribution in [-0.2, 0) is 4.79 Å². The van der Waals surface area contributed by atoms with Crippen LogP contribution < -0.4 is 5.56 Å². The molecule has 0 aliphatic rings. The van der Waals surface area contributed by atoms with E-state index in [1.807, 2.05) is 0 Å². The summed E-state index contributed by atoms with van der Waals surface area (Å²) in [7, 11) is 0. The maximum atomic E-state index is 12.0. The van der Waals surface area contributed by atoms with E-state index in [1.54, 1.807) is 0 Å². The molecule has 0 amide bonds. The highest BCUT2D eigenvalue weighted by molar-refractivity contribution is 5.80. The normalized spacial score (nSPS) is 12.3. The predicted molar refractivity (Wildman–Crippen MR) is 65.0 cm³/mol. The monoisotopic (exact) mass is 263 g/mol. The Balaban J connectivity index is 2.67. The number of fused-ring (bicyclic) bond motifs is 1. The number of benzene rings is 1. The lowest BCUT2D eigenvalue weighted by Crippen LogP contribution is -2.28. The van der Waals surface area contributed by atoms with E-state index in [-0.39, 0.29) is 16.6 Å². The van der Waals surface area contributed by atoms with Gasteiger partial charge in [-0.05, 0) is 13.0 Å². The van der Waals surface area contributed by atoms with E-state index in [0.29, 0.717) is 0 Å². The molecule has 0 bridgehead atoms. The fourth-order valence-corrected chi connectivity index (χ4v) is 1.63.